The maximum Gasteiger partial charge on any atom is 0.177 e. The van der Waals surface area contributed by atoms with Gasteiger partial charge in [0.2, 0.25) is 0 Å². The summed E-state index contributed by atoms with van der Waals surface area (Å²) < 4.78 is 12.9. The molecule has 0 radical (unpaired) electrons. The van der Waals surface area contributed by atoms with Crippen LogP contribution in [-0.4, -0.2) is 22.7 Å². The predicted molar refractivity (Wildman–Crippen MR) is 94.6 cm³/mol. The van der Waals surface area contributed by atoms with Crippen molar-refractivity contribution < 1.29 is 4.39 Å². The van der Waals surface area contributed by atoms with Crippen molar-refractivity contribution in [3.8, 4) is 0 Å². The fourth-order valence-corrected chi connectivity index (χ4v) is 3.64. The number of nitrogens with zero attached hydrogens (tertiary/aromatic N) is 2. The molecule has 22 heavy (non-hydrogen) atoms. The van der Waals surface area contributed by atoms with E-state index in [1.54, 1.807) is 23.9 Å². The number of hydrogen-bond acceptors (Lipinski definition) is 3. The highest BCUT2D eigenvalue weighted by atomic mass is 35.5. The smallest absolute Gasteiger partial charge is 0.177 e. The molecule has 1 aliphatic carbocycles. The van der Waals surface area contributed by atoms with Gasteiger partial charge in [0.15, 0.2) is 5.17 Å². The predicted octanol–water partition coefficient (Wildman–Crippen LogP) is 4.22. The molecule has 1 N–H and O–H groups in total. The molecule has 0 spiro atoms. The average molecular weight is 342 g/mol. The number of hydrogen-bond donors (Lipinski definition) is 1. The minimum atomic E-state index is -0.218. The van der Waals surface area contributed by atoms with E-state index in [4.69, 9.17) is 4.99 Å². The summed E-state index contributed by atoms with van der Waals surface area (Å²) in [6, 6.07) is 6.89. The molecular formula is C16H21ClFN3S. The zero-order chi connectivity index (χ0) is 14.7. The van der Waals surface area contributed by atoms with Gasteiger partial charge in [-0.1, -0.05) is 43.7 Å². The number of halogens is 2. The number of amidine groups is 1. The minimum Gasteiger partial charge on any atom is -0.258 e. The summed E-state index contributed by atoms with van der Waals surface area (Å²) in [7, 11) is 0. The maximum absolute atomic E-state index is 12.9. The molecule has 1 aromatic rings. The van der Waals surface area contributed by atoms with Crippen molar-refractivity contribution in [3.05, 3.63) is 35.6 Å². The molecule has 2 unspecified atom stereocenters. The first kappa shape index (κ1) is 17.3. The normalized spacial score (nSPS) is 26.8. The average Bonchev–Trinajstić information content (AvgIpc) is 2.51. The maximum atomic E-state index is 12.9. The second-order valence-electron chi connectivity index (χ2n) is 5.73. The van der Waals surface area contributed by atoms with Gasteiger partial charge in [0.1, 0.15) is 5.82 Å². The van der Waals surface area contributed by atoms with Gasteiger partial charge in [0, 0.05) is 5.75 Å². The van der Waals surface area contributed by atoms with E-state index in [9.17, 15) is 4.39 Å². The fraction of sp³-hybridized carbons (Fsp3) is 0.500. The van der Waals surface area contributed by atoms with Gasteiger partial charge < -0.3 is 0 Å². The molecule has 0 amide bonds. The topological polar surface area (TPSA) is 36.8 Å². The molecular weight excluding hydrogens is 321 g/mol. The molecule has 1 aliphatic heterocycles. The standard InChI is InChI=1S/C16H20FN3S.ClH/c1-11-4-2-3-5-14(11)18-16-20-19-15(10-21-16)12-6-8-13(17)9-7-12;/h6-9,11,14H,2-5,10H2,1H3,(H,18,20);1H. The van der Waals surface area contributed by atoms with Gasteiger partial charge in [-0.25, -0.2) is 4.39 Å². The molecule has 1 aromatic carbocycles. The number of hydrazone groups is 1. The van der Waals surface area contributed by atoms with Crippen molar-refractivity contribution in [2.75, 3.05) is 5.75 Å². The lowest BCUT2D eigenvalue weighted by Gasteiger charge is -2.26. The van der Waals surface area contributed by atoms with E-state index in [-0.39, 0.29) is 18.2 Å². The third-order valence-corrected chi connectivity index (χ3v) is 5.05. The second-order valence-corrected chi connectivity index (χ2v) is 6.69. The summed E-state index contributed by atoms with van der Waals surface area (Å²) in [5.74, 6) is 1.22. The second kappa shape index (κ2) is 7.97. The van der Waals surface area contributed by atoms with Crippen molar-refractivity contribution in [1.82, 2.24) is 5.43 Å². The van der Waals surface area contributed by atoms with Crippen molar-refractivity contribution in [2.45, 2.75) is 38.6 Å². The summed E-state index contributed by atoms with van der Waals surface area (Å²) in [6.07, 6.45) is 5.06. The van der Waals surface area contributed by atoms with Crippen LogP contribution in [0.2, 0.25) is 0 Å². The van der Waals surface area contributed by atoms with E-state index >= 15 is 0 Å². The quantitative estimate of drug-likeness (QED) is 0.874. The Balaban J connectivity index is 0.00000176. The van der Waals surface area contributed by atoms with Crippen LogP contribution < -0.4 is 5.43 Å². The zero-order valence-electron chi connectivity index (χ0n) is 12.6. The van der Waals surface area contributed by atoms with E-state index in [0.717, 1.165) is 22.2 Å². The van der Waals surface area contributed by atoms with Crippen LogP contribution >= 0.6 is 24.2 Å². The molecule has 0 bridgehead atoms. The van der Waals surface area contributed by atoms with Crippen LogP contribution in [0, 0.1) is 11.7 Å². The molecule has 6 heteroatoms. The summed E-state index contributed by atoms with van der Waals surface area (Å²) in [4.78, 5) is 4.82. The lowest BCUT2D eigenvalue weighted by molar-refractivity contribution is 0.333. The van der Waals surface area contributed by atoms with Crippen molar-refractivity contribution in [2.24, 2.45) is 16.0 Å². The zero-order valence-corrected chi connectivity index (χ0v) is 14.2. The van der Waals surface area contributed by atoms with E-state index in [1.807, 2.05) is 0 Å². The van der Waals surface area contributed by atoms with Crippen molar-refractivity contribution in [3.63, 3.8) is 0 Å². The molecule has 3 nitrogen and oxygen atoms in total. The Kier molecular flexibility index (Phi) is 6.26. The van der Waals surface area contributed by atoms with Crippen LogP contribution in [-0.2, 0) is 0 Å². The SMILES string of the molecule is CC1CCCCC1N=C1NN=C(c2ccc(F)cc2)CS1.Cl. The minimum absolute atomic E-state index is 0. The molecule has 2 atom stereocenters. The lowest BCUT2D eigenvalue weighted by Crippen LogP contribution is -2.29. The third kappa shape index (κ3) is 4.23. The molecule has 0 aromatic heterocycles. The Hall–Kier alpha value is -1.07. The Morgan fingerprint density at radius 1 is 1.23 bits per heavy atom. The Morgan fingerprint density at radius 3 is 2.59 bits per heavy atom. The van der Waals surface area contributed by atoms with Gasteiger partial charge in [0.05, 0.1) is 11.8 Å². The molecule has 1 fully saturated rings. The summed E-state index contributed by atoms with van der Waals surface area (Å²) >= 11 is 1.68. The highest BCUT2D eigenvalue weighted by Gasteiger charge is 2.22. The molecule has 1 saturated carbocycles. The highest BCUT2D eigenvalue weighted by molar-refractivity contribution is 8.14. The van der Waals surface area contributed by atoms with Crippen molar-refractivity contribution in [1.29, 1.82) is 0 Å². The number of aliphatic imine (C=N–C) groups is 1. The number of rotatable bonds is 2. The number of nitrogens with one attached hydrogen (secondary N) is 1. The Labute approximate surface area is 141 Å². The molecule has 1 heterocycles. The summed E-state index contributed by atoms with van der Waals surface area (Å²) in [5, 5.41) is 5.31. The van der Waals surface area contributed by atoms with Crippen LogP contribution in [0.4, 0.5) is 4.39 Å². The van der Waals surface area contributed by atoms with Gasteiger partial charge in [-0.3, -0.25) is 10.4 Å². The van der Waals surface area contributed by atoms with Gasteiger partial charge in [-0.15, -0.1) is 12.4 Å². The van der Waals surface area contributed by atoms with Gasteiger partial charge in [-0.2, -0.15) is 5.10 Å². The van der Waals surface area contributed by atoms with Crippen LogP contribution in [0.3, 0.4) is 0 Å². The van der Waals surface area contributed by atoms with Crippen LogP contribution in [0.25, 0.3) is 0 Å². The van der Waals surface area contributed by atoms with Gasteiger partial charge in [-0.05, 0) is 36.5 Å². The van der Waals surface area contributed by atoms with Crippen LogP contribution in [0.1, 0.15) is 38.2 Å². The monoisotopic (exact) mass is 341 g/mol. The highest BCUT2D eigenvalue weighted by Crippen LogP contribution is 2.27. The van der Waals surface area contributed by atoms with E-state index < -0.39 is 0 Å². The number of benzene rings is 1. The van der Waals surface area contributed by atoms with Crippen LogP contribution in [0.15, 0.2) is 34.4 Å². The lowest BCUT2D eigenvalue weighted by atomic mass is 9.86. The summed E-state index contributed by atoms with van der Waals surface area (Å²) in [6.45, 7) is 2.29. The first-order valence-corrected chi connectivity index (χ1v) is 8.50. The summed E-state index contributed by atoms with van der Waals surface area (Å²) in [5.41, 5.74) is 4.96. The molecule has 0 saturated heterocycles. The van der Waals surface area contributed by atoms with Crippen molar-refractivity contribution >= 4 is 35.0 Å². The Bertz CT molecular complexity index is 559. The van der Waals surface area contributed by atoms with Crippen LogP contribution in [0.5, 0.6) is 0 Å². The fourth-order valence-electron chi connectivity index (χ4n) is 2.81. The Morgan fingerprint density at radius 2 is 1.95 bits per heavy atom. The third-order valence-electron chi connectivity index (χ3n) is 4.16. The number of thioether (sulfide) groups is 1. The van der Waals surface area contributed by atoms with Gasteiger partial charge >= 0.3 is 0 Å². The van der Waals surface area contributed by atoms with Gasteiger partial charge in [0.25, 0.3) is 0 Å². The molecule has 2 aliphatic rings. The first-order chi connectivity index (χ1) is 10.2. The molecule has 3 rings (SSSR count). The van der Waals surface area contributed by atoms with E-state index in [2.05, 4.69) is 17.5 Å². The first-order valence-electron chi connectivity index (χ1n) is 7.51. The van der Waals surface area contributed by atoms with E-state index in [1.165, 1.54) is 37.8 Å². The van der Waals surface area contributed by atoms with E-state index in [0.29, 0.717) is 12.0 Å². The largest absolute Gasteiger partial charge is 0.258 e. The molecule has 120 valence electrons.